The monoisotopic (exact) mass is 431 g/mol. The largest absolute Gasteiger partial charge is 0.549 e. The fraction of sp³-hybridized carbons (Fsp3) is 0.381. The molecule has 2 aliphatic rings. The van der Waals surface area contributed by atoms with Crippen molar-refractivity contribution in [2.45, 2.75) is 18.9 Å². The standard InChI is InChI=1S/C21H21ClN2O4S/c22-16-3-1-14(2-4-16)17-5-6-18(25)24-9-13-7-15(21(17)24)10-23(8-13)19(26)11-29-12-20(27)28/h1-6,13,15H,7-12H2,(H,27,28)/p-1/t13-,15+/m0/s1. The van der Waals surface area contributed by atoms with Gasteiger partial charge in [0, 0.05) is 53.7 Å². The number of hydrogen-bond donors (Lipinski definition) is 0. The summed E-state index contributed by atoms with van der Waals surface area (Å²) < 4.78 is 1.86. The number of hydrogen-bond acceptors (Lipinski definition) is 5. The van der Waals surface area contributed by atoms with Gasteiger partial charge in [0.25, 0.3) is 5.56 Å². The van der Waals surface area contributed by atoms with Gasteiger partial charge in [-0.2, -0.15) is 0 Å². The Morgan fingerprint density at radius 1 is 1.07 bits per heavy atom. The van der Waals surface area contributed by atoms with Crippen LogP contribution in [0, 0.1) is 5.92 Å². The number of rotatable bonds is 5. The van der Waals surface area contributed by atoms with Crippen LogP contribution in [0.5, 0.6) is 0 Å². The zero-order valence-corrected chi connectivity index (χ0v) is 17.2. The summed E-state index contributed by atoms with van der Waals surface area (Å²) in [6, 6.07) is 11.0. The van der Waals surface area contributed by atoms with Crippen LogP contribution < -0.4 is 10.7 Å². The molecule has 2 atom stereocenters. The molecule has 0 radical (unpaired) electrons. The predicted molar refractivity (Wildman–Crippen MR) is 111 cm³/mol. The molecule has 1 aromatic carbocycles. The number of likely N-dealkylation sites (tertiary alicyclic amines) is 1. The lowest BCUT2D eigenvalue weighted by molar-refractivity contribution is -0.301. The Morgan fingerprint density at radius 2 is 1.83 bits per heavy atom. The van der Waals surface area contributed by atoms with E-state index in [0.717, 1.165) is 35.0 Å². The van der Waals surface area contributed by atoms with Crippen molar-refractivity contribution in [3.05, 3.63) is 57.5 Å². The molecule has 0 spiro atoms. The topological polar surface area (TPSA) is 82.4 Å². The molecule has 6 nitrogen and oxygen atoms in total. The number of fused-ring (bicyclic) bond motifs is 4. The zero-order chi connectivity index (χ0) is 20.5. The normalized spacial score (nSPS) is 20.2. The maximum atomic E-state index is 12.6. The van der Waals surface area contributed by atoms with E-state index in [1.165, 1.54) is 0 Å². The number of piperidine rings is 1. The summed E-state index contributed by atoms with van der Waals surface area (Å²) in [5, 5.41) is 11.2. The smallest absolute Gasteiger partial charge is 0.250 e. The van der Waals surface area contributed by atoms with Gasteiger partial charge in [-0.3, -0.25) is 9.59 Å². The van der Waals surface area contributed by atoms with E-state index in [1.807, 2.05) is 39.8 Å². The van der Waals surface area contributed by atoms with Gasteiger partial charge >= 0.3 is 0 Å². The first kappa shape index (κ1) is 20.0. The van der Waals surface area contributed by atoms with Crippen LogP contribution in [0.4, 0.5) is 0 Å². The van der Waals surface area contributed by atoms with Crippen LogP contribution in [-0.4, -0.2) is 45.9 Å². The van der Waals surface area contributed by atoms with E-state index in [4.69, 9.17) is 11.6 Å². The molecule has 0 N–H and O–H groups in total. The van der Waals surface area contributed by atoms with Crippen molar-refractivity contribution >= 4 is 35.2 Å². The van der Waals surface area contributed by atoms with E-state index in [-0.39, 0.29) is 34.8 Å². The SMILES string of the molecule is O=C([O-])CSCC(=O)N1C[C@@H]2C[C@H](C1)c1c(-c3ccc(Cl)cc3)ccc(=O)n1C2. The first-order valence-corrected chi connectivity index (χ1v) is 11.0. The molecule has 8 heteroatoms. The van der Waals surface area contributed by atoms with E-state index in [0.29, 0.717) is 24.7 Å². The van der Waals surface area contributed by atoms with Gasteiger partial charge in [0.15, 0.2) is 0 Å². The van der Waals surface area contributed by atoms with E-state index in [9.17, 15) is 19.5 Å². The summed E-state index contributed by atoms with van der Waals surface area (Å²) in [6.45, 7) is 1.71. The van der Waals surface area contributed by atoms with E-state index in [1.54, 1.807) is 6.07 Å². The number of carboxylic acids is 1. The number of pyridine rings is 1. The summed E-state index contributed by atoms with van der Waals surface area (Å²) >= 11 is 7.08. The molecule has 1 aromatic heterocycles. The van der Waals surface area contributed by atoms with E-state index < -0.39 is 5.97 Å². The van der Waals surface area contributed by atoms with Crippen LogP contribution in [0.3, 0.4) is 0 Å². The van der Waals surface area contributed by atoms with Gasteiger partial charge in [0.05, 0.1) is 11.7 Å². The molecular weight excluding hydrogens is 412 g/mol. The summed E-state index contributed by atoms with van der Waals surface area (Å²) in [5.74, 6) is -1.01. The Bertz CT molecular complexity index is 1000. The lowest BCUT2D eigenvalue weighted by Gasteiger charge is -2.43. The summed E-state index contributed by atoms with van der Waals surface area (Å²) in [4.78, 5) is 37.5. The van der Waals surface area contributed by atoms with Crippen LogP contribution in [0.2, 0.25) is 5.02 Å². The second-order valence-corrected chi connectivity index (χ2v) is 8.97. The number of benzene rings is 1. The Labute approximate surface area is 177 Å². The molecule has 29 heavy (non-hydrogen) atoms. The number of amides is 1. The number of aromatic nitrogens is 1. The second kappa shape index (κ2) is 8.24. The van der Waals surface area contributed by atoms with Crippen molar-refractivity contribution in [1.29, 1.82) is 0 Å². The highest BCUT2D eigenvalue weighted by Gasteiger charge is 2.37. The first-order chi connectivity index (χ1) is 13.9. The van der Waals surface area contributed by atoms with Crippen molar-refractivity contribution in [2.24, 2.45) is 5.92 Å². The fourth-order valence-corrected chi connectivity index (χ4v) is 5.16. The van der Waals surface area contributed by atoms with Gasteiger partial charge in [-0.15, -0.1) is 11.8 Å². The van der Waals surface area contributed by atoms with Crippen LogP contribution in [-0.2, 0) is 16.1 Å². The maximum Gasteiger partial charge on any atom is 0.250 e. The molecule has 0 unspecified atom stereocenters. The highest BCUT2D eigenvalue weighted by atomic mass is 35.5. The van der Waals surface area contributed by atoms with Crippen LogP contribution in [0.15, 0.2) is 41.2 Å². The minimum absolute atomic E-state index is 0.0169. The molecule has 2 aliphatic heterocycles. The minimum atomic E-state index is -1.17. The molecule has 1 saturated heterocycles. The molecule has 152 valence electrons. The average molecular weight is 432 g/mol. The lowest BCUT2D eigenvalue weighted by atomic mass is 9.80. The molecule has 0 aliphatic carbocycles. The number of halogens is 1. The van der Waals surface area contributed by atoms with E-state index >= 15 is 0 Å². The molecule has 3 heterocycles. The molecule has 1 fully saturated rings. The quantitative estimate of drug-likeness (QED) is 0.718. The van der Waals surface area contributed by atoms with Gasteiger partial charge in [-0.05, 0) is 36.1 Å². The van der Waals surface area contributed by atoms with Gasteiger partial charge in [-0.25, -0.2) is 0 Å². The van der Waals surface area contributed by atoms with Crippen LogP contribution in [0.25, 0.3) is 11.1 Å². The number of carbonyl (C=O) groups is 2. The zero-order valence-electron chi connectivity index (χ0n) is 15.7. The summed E-state index contributed by atoms with van der Waals surface area (Å²) in [7, 11) is 0. The summed E-state index contributed by atoms with van der Waals surface area (Å²) in [6.07, 6.45) is 0.931. The third-order valence-electron chi connectivity index (χ3n) is 5.54. The molecule has 2 aromatic rings. The van der Waals surface area contributed by atoms with Crippen molar-refractivity contribution < 1.29 is 14.7 Å². The molecule has 2 bridgehead atoms. The van der Waals surface area contributed by atoms with Crippen molar-refractivity contribution in [2.75, 3.05) is 24.6 Å². The Morgan fingerprint density at radius 3 is 2.55 bits per heavy atom. The highest BCUT2D eigenvalue weighted by Crippen LogP contribution is 2.40. The number of aliphatic carboxylic acids is 1. The van der Waals surface area contributed by atoms with E-state index in [2.05, 4.69) is 0 Å². The van der Waals surface area contributed by atoms with Gasteiger partial charge < -0.3 is 19.4 Å². The van der Waals surface area contributed by atoms with Crippen molar-refractivity contribution in [1.82, 2.24) is 9.47 Å². The third-order valence-corrected chi connectivity index (χ3v) is 6.69. The van der Waals surface area contributed by atoms with Gasteiger partial charge in [0.1, 0.15) is 0 Å². The first-order valence-electron chi connectivity index (χ1n) is 9.47. The molecule has 4 rings (SSSR count). The molecule has 0 saturated carbocycles. The average Bonchev–Trinajstić information content (AvgIpc) is 2.69. The van der Waals surface area contributed by atoms with Crippen molar-refractivity contribution in [3.63, 3.8) is 0 Å². The second-order valence-electron chi connectivity index (χ2n) is 7.55. The number of carbonyl (C=O) groups excluding carboxylic acids is 2. The Balaban J connectivity index is 1.62. The van der Waals surface area contributed by atoms with Gasteiger partial charge in [-0.1, -0.05) is 23.7 Å². The Kier molecular flexibility index (Phi) is 5.69. The van der Waals surface area contributed by atoms with Gasteiger partial charge in [0.2, 0.25) is 5.91 Å². The lowest BCUT2D eigenvalue weighted by Crippen LogP contribution is -2.49. The summed E-state index contributed by atoms with van der Waals surface area (Å²) in [5.41, 5.74) is 2.93. The van der Waals surface area contributed by atoms with Crippen LogP contribution in [0.1, 0.15) is 18.0 Å². The maximum absolute atomic E-state index is 12.6. The van der Waals surface area contributed by atoms with Crippen LogP contribution >= 0.6 is 23.4 Å². The molecule has 1 amide bonds. The van der Waals surface area contributed by atoms with Crippen molar-refractivity contribution in [3.8, 4) is 11.1 Å². The fourth-order valence-electron chi connectivity index (χ4n) is 4.41. The highest BCUT2D eigenvalue weighted by molar-refractivity contribution is 8.00. The number of thioether (sulfide) groups is 1. The Hall–Kier alpha value is -2.25. The number of carboxylic acid groups (broad SMARTS) is 1. The minimum Gasteiger partial charge on any atom is -0.549 e. The molecular formula is C21H20ClN2O4S-. The third kappa shape index (κ3) is 4.21. The predicted octanol–water partition coefficient (Wildman–Crippen LogP) is 1.60. The number of nitrogens with zero attached hydrogens (tertiary/aromatic N) is 2.